The second-order valence-corrected chi connectivity index (χ2v) is 25.6. The molecule has 0 aliphatic heterocycles. The number of hydrogen-bond acceptors (Lipinski definition) is 3. The normalized spacial score (nSPS) is 12.4. The Hall–Kier alpha value is 0.668. The Labute approximate surface area is 255 Å². The molecule has 0 fully saturated rings. The summed E-state index contributed by atoms with van der Waals surface area (Å²) < 4.78 is 25.2. The molecule has 0 atom stereocenters. The molecule has 1 N–H and O–H groups in total. The Kier molecular flexibility index (Phi) is 30.2. The van der Waals surface area contributed by atoms with Gasteiger partial charge in [-0.1, -0.05) is 104 Å². The van der Waals surface area contributed by atoms with E-state index in [4.69, 9.17) is 9.05 Å². The van der Waals surface area contributed by atoms with Crippen LogP contribution in [-0.4, -0.2) is 33.3 Å². The minimum atomic E-state index is -3.20. The van der Waals surface area contributed by atoms with Gasteiger partial charge in [-0.25, -0.2) is 0 Å². The standard InChI is InChI=1S/C34H74AsNO3P/c1-6-8-10-12-14-16-18-20-22-24-26-28-33-38-40(37,36-32-30-31-35(3,4)5)39-34-29-27-25-23-21-19-17-15-13-11-9-7-2/h6-34H2,1-5H3,(H,36,37)/q+1. The summed E-state index contributed by atoms with van der Waals surface area (Å²) >= 11 is -1.41. The first-order chi connectivity index (χ1) is 19.3. The van der Waals surface area contributed by atoms with Crippen molar-refractivity contribution in [2.75, 3.05) is 19.8 Å². The zero-order chi connectivity index (χ0) is 29.6. The minimum absolute atomic E-state index is 0.538. The molecular formula is C34H74AsNO3P+. The molecule has 0 spiro atoms. The summed E-state index contributed by atoms with van der Waals surface area (Å²) in [5.74, 6) is 0. The zero-order valence-corrected chi connectivity index (χ0v) is 30.9. The molecule has 4 nitrogen and oxygen atoms in total. The van der Waals surface area contributed by atoms with Crippen molar-refractivity contribution in [1.82, 2.24) is 5.09 Å². The Balaban J connectivity index is 3.98. The molecule has 0 saturated carbocycles. The van der Waals surface area contributed by atoms with E-state index < -0.39 is 21.3 Å². The van der Waals surface area contributed by atoms with Crippen LogP contribution in [0.3, 0.4) is 0 Å². The third kappa shape index (κ3) is 31.6. The Morgan fingerprint density at radius 1 is 0.475 bits per heavy atom. The van der Waals surface area contributed by atoms with Crippen molar-refractivity contribution in [3.63, 3.8) is 0 Å². The van der Waals surface area contributed by atoms with Crippen LogP contribution < -0.4 is 5.09 Å². The first kappa shape index (κ1) is 40.7. The third-order valence-corrected chi connectivity index (χ3v) is 13.0. The molecule has 0 aromatic rings. The van der Waals surface area contributed by atoms with Crippen LogP contribution in [0.15, 0.2) is 0 Å². The summed E-state index contributed by atoms with van der Waals surface area (Å²) in [6.07, 6.45) is 32.7. The Bertz CT molecular complexity index is 522. The van der Waals surface area contributed by atoms with Crippen molar-refractivity contribution < 1.29 is 13.6 Å². The van der Waals surface area contributed by atoms with Crippen molar-refractivity contribution in [1.29, 1.82) is 0 Å². The van der Waals surface area contributed by atoms with Gasteiger partial charge in [0.2, 0.25) is 0 Å². The number of unbranched alkanes of at least 4 members (excludes halogenated alkanes) is 22. The molecule has 0 unspecified atom stereocenters. The van der Waals surface area contributed by atoms with Gasteiger partial charge in [-0.05, 0) is 0 Å². The van der Waals surface area contributed by atoms with Crippen molar-refractivity contribution in [2.45, 2.75) is 197 Å². The van der Waals surface area contributed by atoms with Crippen molar-refractivity contribution in [3.05, 3.63) is 0 Å². The van der Waals surface area contributed by atoms with Crippen LogP contribution in [0.4, 0.5) is 0 Å². The van der Waals surface area contributed by atoms with E-state index in [2.05, 4.69) is 36.1 Å². The summed E-state index contributed by atoms with van der Waals surface area (Å²) in [4.78, 5) is 0. The van der Waals surface area contributed by atoms with Crippen LogP contribution in [0.25, 0.3) is 0 Å². The molecule has 0 heterocycles. The minimum Gasteiger partial charge on any atom is -0.0654 e. The molecule has 0 rings (SSSR count). The van der Waals surface area contributed by atoms with Gasteiger partial charge in [-0.2, -0.15) is 0 Å². The van der Waals surface area contributed by atoms with Crippen LogP contribution in [0.5, 0.6) is 0 Å². The number of nitrogens with one attached hydrogen (secondary N) is 1. The van der Waals surface area contributed by atoms with E-state index in [0.717, 1.165) is 38.6 Å². The first-order valence-corrected chi connectivity index (χ1v) is 26.3. The molecule has 0 saturated heterocycles. The van der Waals surface area contributed by atoms with Gasteiger partial charge in [0.1, 0.15) is 0 Å². The van der Waals surface area contributed by atoms with Gasteiger partial charge in [-0.3, -0.25) is 0 Å². The summed E-state index contributed by atoms with van der Waals surface area (Å²) in [5.41, 5.74) is 7.27. The van der Waals surface area contributed by atoms with Crippen LogP contribution in [0.2, 0.25) is 22.3 Å². The molecule has 6 heteroatoms. The Morgan fingerprint density at radius 3 is 1.07 bits per heavy atom. The van der Waals surface area contributed by atoms with Crippen LogP contribution in [-0.2, 0) is 13.6 Å². The van der Waals surface area contributed by atoms with Crippen molar-refractivity contribution in [2.24, 2.45) is 0 Å². The molecule has 40 heavy (non-hydrogen) atoms. The van der Waals surface area contributed by atoms with Crippen molar-refractivity contribution in [3.8, 4) is 0 Å². The third-order valence-electron chi connectivity index (χ3n) is 7.83. The molecule has 0 aromatic carbocycles. The van der Waals surface area contributed by atoms with Gasteiger partial charge in [0.05, 0.1) is 0 Å². The fourth-order valence-corrected chi connectivity index (χ4v) is 8.90. The summed E-state index contributed by atoms with van der Waals surface area (Å²) in [6.45, 7) is 6.37. The fourth-order valence-electron chi connectivity index (χ4n) is 5.15. The molecule has 0 aliphatic rings. The van der Waals surface area contributed by atoms with E-state index >= 15 is 0 Å². The molecule has 0 bridgehead atoms. The molecule has 242 valence electrons. The summed E-state index contributed by atoms with van der Waals surface area (Å²) in [6, 6.07) is 0. The number of rotatable bonds is 33. The van der Waals surface area contributed by atoms with Crippen LogP contribution >= 0.6 is 7.75 Å². The van der Waals surface area contributed by atoms with E-state index in [9.17, 15) is 4.57 Å². The van der Waals surface area contributed by atoms with Gasteiger partial charge in [0.25, 0.3) is 0 Å². The van der Waals surface area contributed by atoms with E-state index in [0.29, 0.717) is 13.2 Å². The number of hydrogen-bond donors (Lipinski definition) is 1. The molecule has 0 amide bonds. The van der Waals surface area contributed by atoms with Crippen molar-refractivity contribution >= 4 is 21.3 Å². The van der Waals surface area contributed by atoms with Crippen LogP contribution in [0, 0.1) is 0 Å². The maximum absolute atomic E-state index is 13.4. The monoisotopic (exact) mass is 650 g/mol. The van der Waals surface area contributed by atoms with E-state index in [-0.39, 0.29) is 0 Å². The van der Waals surface area contributed by atoms with Gasteiger partial charge < -0.3 is 0 Å². The molecule has 0 aliphatic carbocycles. The smallest absolute Gasteiger partial charge is 0.0654 e. The zero-order valence-electron chi connectivity index (χ0n) is 28.1. The van der Waals surface area contributed by atoms with Crippen LogP contribution in [0.1, 0.15) is 174 Å². The fraction of sp³-hybridized carbons (Fsp3) is 1.00. The second-order valence-electron chi connectivity index (χ2n) is 13.2. The quantitative estimate of drug-likeness (QED) is 0.0436. The summed E-state index contributed by atoms with van der Waals surface area (Å²) in [7, 11) is -3.20. The molecule has 0 aromatic heterocycles. The average Bonchev–Trinajstić information content (AvgIpc) is 2.91. The summed E-state index contributed by atoms with van der Waals surface area (Å²) in [5, 5.41) is 4.46. The average molecular weight is 651 g/mol. The van der Waals surface area contributed by atoms with E-state index in [1.807, 2.05) is 0 Å². The first-order valence-electron chi connectivity index (χ1n) is 17.8. The SMILES string of the molecule is CCCCCCCCCCCCCCOP(=O)(NCCC[As+](C)(C)C)OCCCCCCCCCCCCCC. The van der Waals surface area contributed by atoms with Gasteiger partial charge in [0, 0.05) is 0 Å². The maximum atomic E-state index is 13.4. The second kappa shape index (κ2) is 29.7. The van der Waals surface area contributed by atoms with E-state index in [1.165, 1.54) is 134 Å². The Morgan fingerprint density at radius 2 is 0.775 bits per heavy atom. The van der Waals surface area contributed by atoms with Gasteiger partial charge >= 0.3 is 153 Å². The van der Waals surface area contributed by atoms with Gasteiger partial charge in [-0.15, -0.1) is 0 Å². The van der Waals surface area contributed by atoms with Gasteiger partial charge in [0.15, 0.2) is 0 Å². The predicted octanol–water partition coefficient (Wildman–Crippen LogP) is 12.8. The predicted molar refractivity (Wildman–Crippen MR) is 182 cm³/mol. The topological polar surface area (TPSA) is 47.6 Å². The molecule has 0 radical (unpaired) electrons. The molecular weight excluding hydrogens is 576 g/mol. The van der Waals surface area contributed by atoms with E-state index in [1.54, 1.807) is 0 Å².